The first-order valence-electron chi connectivity index (χ1n) is 19.0. The van der Waals surface area contributed by atoms with Crippen molar-refractivity contribution >= 4 is 56.2 Å². The molecule has 5 heterocycles. The molecule has 6 atom stereocenters. The highest BCUT2D eigenvalue weighted by atomic mass is 32.2. The lowest BCUT2D eigenvalue weighted by atomic mass is 10.0. The largest absolute Gasteiger partial charge is 0.471 e. The van der Waals surface area contributed by atoms with Crippen LogP contribution in [0.4, 0.5) is 4.79 Å². The summed E-state index contributed by atoms with van der Waals surface area (Å²) in [7, 11) is -3.90. The van der Waals surface area contributed by atoms with Gasteiger partial charge in [0.05, 0.1) is 40.9 Å². The van der Waals surface area contributed by atoms with E-state index in [9.17, 15) is 27.6 Å². The monoisotopic (exact) mass is 792 g/mol. The van der Waals surface area contributed by atoms with Crippen LogP contribution in [-0.4, -0.2) is 102 Å². The third-order valence-corrected chi connectivity index (χ3v) is 13.6. The van der Waals surface area contributed by atoms with Gasteiger partial charge in [-0.1, -0.05) is 43.2 Å². The number of amides is 4. The van der Waals surface area contributed by atoms with E-state index in [4.69, 9.17) is 24.2 Å². The first kappa shape index (κ1) is 37.3. The standard InChI is InChI=1S/C38H44N6O9S2/c45-33-30-19-25(52-34-32(31-13-8-18-54-31)39-27-10-6-7-11-28(27)40-34)21-44(30)35(46)29(41-37(48)53-24-16-17-51-22-24)12-5-3-1-2-4-9-23-20-38(23,42-33)36(47)43-55(49,50)26-14-15-26/h4,6-11,13,18,23-26,29-30H,1-3,5,12,14-17,19-22H2,(H,41,48)(H,42,45)(H,43,47)/b9-4+/t23?,24?,25-,29-,30+,38-/m1/s1. The van der Waals surface area contributed by atoms with Gasteiger partial charge in [-0.3, -0.25) is 19.1 Å². The number of sulfonamides is 1. The Balaban J connectivity index is 1.10. The average Bonchev–Trinajstić information content (AvgIpc) is 3.90. The van der Waals surface area contributed by atoms with Crippen LogP contribution in [-0.2, 0) is 33.9 Å². The Hall–Kier alpha value is -4.61. The highest BCUT2D eigenvalue weighted by Crippen LogP contribution is 2.46. The minimum atomic E-state index is -3.90. The third-order valence-electron chi connectivity index (χ3n) is 10.9. The van der Waals surface area contributed by atoms with Crippen LogP contribution in [0, 0.1) is 5.92 Å². The molecule has 3 aliphatic heterocycles. The fourth-order valence-corrected chi connectivity index (χ4v) is 9.65. The maximum absolute atomic E-state index is 14.6. The number of allylic oxidation sites excluding steroid dienone is 1. The molecular weight excluding hydrogens is 749 g/mol. The second kappa shape index (κ2) is 15.5. The Labute approximate surface area is 322 Å². The second-order valence-electron chi connectivity index (χ2n) is 14.9. The maximum atomic E-state index is 14.6. The van der Waals surface area contributed by atoms with Crippen LogP contribution in [0.1, 0.15) is 64.2 Å². The molecule has 2 aliphatic carbocycles. The van der Waals surface area contributed by atoms with Gasteiger partial charge in [0.2, 0.25) is 27.7 Å². The van der Waals surface area contributed by atoms with Crippen LogP contribution in [0.25, 0.3) is 21.6 Å². The van der Waals surface area contributed by atoms with Crippen molar-refractivity contribution in [2.75, 3.05) is 19.8 Å². The maximum Gasteiger partial charge on any atom is 0.408 e. The molecule has 2 saturated carbocycles. The Kier molecular flexibility index (Phi) is 10.5. The van der Waals surface area contributed by atoms with E-state index in [1.807, 2.05) is 53.9 Å². The Morgan fingerprint density at radius 1 is 1.00 bits per heavy atom. The SMILES string of the molecule is O=C(N[C@@H]1CCCCC/C=C/C2C[C@@]2(C(=O)NS(=O)(=O)C2CC2)NC(=O)[C@@H]2C[C@@H](Oc3nc4ccccc4nc3-c3cccs3)CN2C1=O)OC1CCOC1. The number of carbonyl (C=O) groups excluding carboxylic acids is 4. The van der Waals surface area contributed by atoms with Gasteiger partial charge in [-0.15, -0.1) is 11.3 Å². The van der Waals surface area contributed by atoms with Gasteiger partial charge in [0.15, 0.2) is 0 Å². The summed E-state index contributed by atoms with van der Waals surface area (Å²) in [5, 5.41) is 6.95. The van der Waals surface area contributed by atoms with Crippen molar-refractivity contribution in [2.45, 2.75) is 99.3 Å². The molecule has 17 heteroatoms. The molecule has 292 valence electrons. The molecule has 5 aliphatic rings. The summed E-state index contributed by atoms with van der Waals surface area (Å²) in [6.45, 7) is 0.720. The number of para-hydroxylation sites is 2. The lowest BCUT2D eigenvalue weighted by Crippen LogP contribution is -2.58. The number of hydrogen-bond donors (Lipinski definition) is 3. The normalized spacial score (nSPS) is 29.2. The topological polar surface area (TPSA) is 195 Å². The molecule has 2 unspecified atom stereocenters. The molecule has 3 aromatic rings. The van der Waals surface area contributed by atoms with Crippen LogP contribution in [0.5, 0.6) is 5.88 Å². The van der Waals surface area contributed by atoms with Gasteiger partial charge in [0, 0.05) is 18.8 Å². The number of thiophene rings is 1. The van der Waals surface area contributed by atoms with E-state index in [0.717, 1.165) is 17.7 Å². The minimum absolute atomic E-state index is 0.0302. The summed E-state index contributed by atoms with van der Waals surface area (Å²) in [5.74, 6) is -2.10. The van der Waals surface area contributed by atoms with E-state index >= 15 is 0 Å². The van der Waals surface area contributed by atoms with E-state index < -0.39 is 74.8 Å². The number of nitrogens with one attached hydrogen (secondary N) is 3. The molecule has 0 bridgehead atoms. The summed E-state index contributed by atoms with van der Waals surface area (Å²) in [6.07, 6.45) is 6.81. The molecule has 4 amide bonds. The van der Waals surface area contributed by atoms with Gasteiger partial charge in [-0.2, -0.15) is 0 Å². The number of fused-ring (bicyclic) bond motifs is 3. The van der Waals surface area contributed by atoms with Crippen LogP contribution in [0.15, 0.2) is 53.9 Å². The summed E-state index contributed by atoms with van der Waals surface area (Å²) < 4.78 is 45.4. The van der Waals surface area contributed by atoms with E-state index in [0.29, 0.717) is 61.9 Å². The molecule has 15 nitrogen and oxygen atoms in total. The minimum Gasteiger partial charge on any atom is -0.471 e. The number of ether oxygens (including phenoxy) is 3. The van der Waals surface area contributed by atoms with Gasteiger partial charge >= 0.3 is 6.09 Å². The zero-order valence-corrected chi connectivity index (χ0v) is 31.8. The Bertz CT molecular complexity index is 2090. The van der Waals surface area contributed by atoms with Crippen molar-refractivity contribution in [3.8, 4) is 16.5 Å². The number of alkyl carbamates (subject to hydrolysis) is 1. The summed E-state index contributed by atoms with van der Waals surface area (Å²) in [4.78, 5) is 67.8. The van der Waals surface area contributed by atoms with E-state index in [1.165, 1.54) is 16.2 Å². The third kappa shape index (κ3) is 8.19. The molecule has 2 aromatic heterocycles. The average molecular weight is 793 g/mol. The van der Waals surface area contributed by atoms with Crippen molar-refractivity contribution in [3.05, 3.63) is 53.9 Å². The number of carbonyl (C=O) groups is 4. The predicted molar refractivity (Wildman–Crippen MR) is 201 cm³/mol. The quantitative estimate of drug-likeness (QED) is 0.282. The molecule has 2 saturated heterocycles. The highest BCUT2D eigenvalue weighted by Gasteiger charge is 2.62. The number of nitrogens with zero attached hydrogens (tertiary/aromatic N) is 3. The molecule has 55 heavy (non-hydrogen) atoms. The van der Waals surface area contributed by atoms with E-state index in [-0.39, 0.29) is 31.9 Å². The van der Waals surface area contributed by atoms with Crippen molar-refractivity contribution < 1.29 is 41.8 Å². The van der Waals surface area contributed by atoms with Gasteiger partial charge in [0.1, 0.15) is 35.5 Å². The molecule has 0 spiro atoms. The lowest BCUT2D eigenvalue weighted by molar-refractivity contribution is -0.141. The van der Waals surface area contributed by atoms with Crippen LogP contribution in [0.2, 0.25) is 0 Å². The van der Waals surface area contributed by atoms with E-state index in [2.05, 4.69) is 15.4 Å². The molecular formula is C38H44N6O9S2. The zero-order chi connectivity index (χ0) is 38.2. The van der Waals surface area contributed by atoms with Gasteiger partial charge < -0.3 is 29.7 Å². The fourth-order valence-electron chi connectivity index (χ4n) is 7.58. The predicted octanol–water partition coefficient (Wildman–Crippen LogP) is 3.59. The zero-order valence-electron chi connectivity index (χ0n) is 30.2. The van der Waals surface area contributed by atoms with Crippen LogP contribution < -0.4 is 20.1 Å². The smallest absolute Gasteiger partial charge is 0.408 e. The molecule has 0 radical (unpaired) electrons. The molecule has 8 rings (SSSR count). The first-order valence-corrected chi connectivity index (χ1v) is 21.4. The summed E-state index contributed by atoms with van der Waals surface area (Å²) in [6, 6.07) is 9.08. The van der Waals surface area contributed by atoms with Crippen molar-refractivity contribution in [1.29, 1.82) is 0 Å². The van der Waals surface area contributed by atoms with Crippen molar-refractivity contribution in [3.63, 3.8) is 0 Å². The fraction of sp³-hybridized carbons (Fsp3) is 0.526. The van der Waals surface area contributed by atoms with Gasteiger partial charge in [0.25, 0.3) is 5.91 Å². The lowest BCUT2D eigenvalue weighted by Gasteiger charge is -2.30. The number of hydrogen-bond acceptors (Lipinski definition) is 12. The van der Waals surface area contributed by atoms with Gasteiger partial charge in [-0.25, -0.2) is 23.2 Å². The molecule has 3 N–H and O–H groups in total. The number of aromatic nitrogens is 2. The Morgan fingerprint density at radius 3 is 2.56 bits per heavy atom. The number of rotatable bonds is 8. The summed E-state index contributed by atoms with van der Waals surface area (Å²) in [5.41, 5.74) is 0.297. The van der Waals surface area contributed by atoms with Crippen LogP contribution >= 0.6 is 11.3 Å². The van der Waals surface area contributed by atoms with E-state index in [1.54, 1.807) is 0 Å². The second-order valence-corrected chi connectivity index (χ2v) is 17.8. The van der Waals surface area contributed by atoms with Crippen molar-refractivity contribution in [2.24, 2.45) is 5.92 Å². The molecule has 1 aromatic carbocycles. The molecule has 4 fully saturated rings. The highest BCUT2D eigenvalue weighted by molar-refractivity contribution is 7.91. The Morgan fingerprint density at radius 2 is 1.82 bits per heavy atom. The first-order chi connectivity index (χ1) is 26.6. The van der Waals surface area contributed by atoms with Crippen LogP contribution in [0.3, 0.4) is 0 Å². The van der Waals surface area contributed by atoms with Crippen molar-refractivity contribution in [1.82, 2.24) is 30.2 Å². The summed E-state index contributed by atoms with van der Waals surface area (Å²) >= 11 is 1.47. The number of benzene rings is 1. The van der Waals surface area contributed by atoms with Gasteiger partial charge in [-0.05, 0) is 62.1 Å².